The fraction of sp³-hybridized carbons (Fsp3) is 0.462. The fourth-order valence-corrected chi connectivity index (χ4v) is 1.88. The predicted octanol–water partition coefficient (Wildman–Crippen LogP) is 1.90. The Labute approximate surface area is 111 Å². The SMILES string of the molecule is CC(C)NC(=O)NCc1cc(F)cc2c1OCOC2. The summed E-state index contributed by atoms with van der Waals surface area (Å²) in [5.74, 6) is 0.228. The zero-order valence-corrected chi connectivity index (χ0v) is 11.0. The first-order valence-electron chi connectivity index (χ1n) is 6.12. The maximum Gasteiger partial charge on any atom is 0.315 e. The second-order valence-corrected chi connectivity index (χ2v) is 4.65. The average Bonchev–Trinajstić information content (AvgIpc) is 2.35. The fourth-order valence-electron chi connectivity index (χ4n) is 1.88. The Morgan fingerprint density at radius 2 is 2.26 bits per heavy atom. The van der Waals surface area contributed by atoms with Crippen LogP contribution in [0.5, 0.6) is 5.75 Å². The lowest BCUT2D eigenvalue weighted by atomic mass is 10.1. The number of hydrogen-bond donors (Lipinski definition) is 2. The number of carbonyl (C=O) groups is 1. The maximum atomic E-state index is 13.5. The van der Waals surface area contributed by atoms with Crippen molar-refractivity contribution in [2.24, 2.45) is 0 Å². The molecule has 2 N–H and O–H groups in total. The molecule has 5 nitrogen and oxygen atoms in total. The lowest BCUT2D eigenvalue weighted by Gasteiger charge is -2.21. The van der Waals surface area contributed by atoms with E-state index in [9.17, 15) is 9.18 Å². The summed E-state index contributed by atoms with van der Waals surface area (Å²) in [6.07, 6.45) is 0. The van der Waals surface area contributed by atoms with Gasteiger partial charge in [0.15, 0.2) is 6.79 Å². The third kappa shape index (κ3) is 3.57. The van der Waals surface area contributed by atoms with Crippen molar-refractivity contribution in [2.45, 2.75) is 33.0 Å². The third-order valence-corrected chi connectivity index (χ3v) is 2.61. The molecule has 0 aliphatic carbocycles. The molecule has 1 heterocycles. The van der Waals surface area contributed by atoms with Crippen LogP contribution in [-0.2, 0) is 17.9 Å². The Balaban J connectivity index is 2.07. The van der Waals surface area contributed by atoms with Gasteiger partial charge in [-0.1, -0.05) is 0 Å². The van der Waals surface area contributed by atoms with Gasteiger partial charge in [-0.2, -0.15) is 0 Å². The predicted molar refractivity (Wildman–Crippen MR) is 67.2 cm³/mol. The number of halogens is 1. The molecule has 1 aromatic carbocycles. The van der Waals surface area contributed by atoms with Crippen LogP contribution in [0.1, 0.15) is 25.0 Å². The van der Waals surface area contributed by atoms with Gasteiger partial charge < -0.3 is 20.1 Å². The highest BCUT2D eigenvalue weighted by molar-refractivity contribution is 5.74. The monoisotopic (exact) mass is 268 g/mol. The number of rotatable bonds is 3. The molecule has 0 fully saturated rings. The number of hydrogen-bond acceptors (Lipinski definition) is 3. The van der Waals surface area contributed by atoms with Crippen LogP contribution in [0.4, 0.5) is 9.18 Å². The first-order chi connectivity index (χ1) is 9.06. The van der Waals surface area contributed by atoms with Gasteiger partial charge >= 0.3 is 6.03 Å². The summed E-state index contributed by atoms with van der Waals surface area (Å²) in [6, 6.07) is 2.50. The first kappa shape index (κ1) is 13.6. The highest BCUT2D eigenvalue weighted by atomic mass is 19.1. The number of ether oxygens (including phenoxy) is 2. The van der Waals surface area contributed by atoms with E-state index in [4.69, 9.17) is 9.47 Å². The van der Waals surface area contributed by atoms with Crippen molar-refractivity contribution in [1.82, 2.24) is 10.6 Å². The summed E-state index contributed by atoms with van der Waals surface area (Å²) in [7, 11) is 0. The lowest BCUT2D eigenvalue weighted by molar-refractivity contribution is -0.0173. The van der Waals surface area contributed by atoms with Gasteiger partial charge in [-0.05, 0) is 26.0 Å². The molecule has 1 aliphatic rings. The van der Waals surface area contributed by atoms with E-state index in [2.05, 4.69) is 10.6 Å². The normalized spacial score (nSPS) is 13.7. The van der Waals surface area contributed by atoms with Gasteiger partial charge in [-0.25, -0.2) is 9.18 Å². The molecule has 2 amide bonds. The van der Waals surface area contributed by atoms with E-state index in [-0.39, 0.29) is 31.2 Å². The summed E-state index contributed by atoms with van der Waals surface area (Å²) in [5, 5.41) is 5.37. The third-order valence-electron chi connectivity index (χ3n) is 2.61. The number of amides is 2. The molecule has 0 bridgehead atoms. The zero-order chi connectivity index (χ0) is 13.8. The molecule has 19 heavy (non-hydrogen) atoms. The van der Waals surface area contributed by atoms with Crippen LogP contribution in [0, 0.1) is 5.82 Å². The standard InChI is InChI=1S/C13H17FN2O3/c1-8(2)16-13(17)15-5-9-3-11(14)4-10-6-18-7-19-12(9)10/h3-4,8H,5-7H2,1-2H3,(H2,15,16,17). The smallest absolute Gasteiger partial charge is 0.315 e. The Bertz CT molecular complexity index is 477. The van der Waals surface area contributed by atoms with Crippen molar-refractivity contribution in [2.75, 3.05) is 6.79 Å². The van der Waals surface area contributed by atoms with E-state index < -0.39 is 0 Å². The number of fused-ring (bicyclic) bond motifs is 1. The van der Waals surface area contributed by atoms with Crippen molar-refractivity contribution >= 4 is 6.03 Å². The summed E-state index contributed by atoms with van der Waals surface area (Å²) < 4.78 is 23.9. The van der Waals surface area contributed by atoms with Crippen LogP contribution < -0.4 is 15.4 Å². The molecule has 1 aliphatic heterocycles. The summed E-state index contributed by atoms with van der Waals surface area (Å²) in [6.45, 7) is 4.40. The summed E-state index contributed by atoms with van der Waals surface area (Å²) >= 11 is 0. The summed E-state index contributed by atoms with van der Waals surface area (Å²) in [5.41, 5.74) is 1.27. The largest absolute Gasteiger partial charge is 0.467 e. The van der Waals surface area contributed by atoms with Gasteiger partial charge in [0.05, 0.1) is 6.61 Å². The quantitative estimate of drug-likeness (QED) is 0.880. The van der Waals surface area contributed by atoms with E-state index in [0.29, 0.717) is 23.5 Å². The molecule has 2 rings (SSSR count). The number of carbonyl (C=O) groups excluding carboxylic acids is 1. The minimum absolute atomic E-state index is 0.0473. The van der Waals surface area contributed by atoms with Gasteiger partial charge in [0, 0.05) is 23.7 Å². The molecular formula is C13H17FN2O3. The minimum atomic E-state index is -0.367. The highest BCUT2D eigenvalue weighted by Crippen LogP contribution is 2.29. The van der Waals surface area contributed by atoms with Gasteiger partial charge in [-0.15, -0.1) is 0 Å². The van der Waals surface area contributed by atoms with Crippen molar-refractivity contribution < 1.29 is 18.7 Å². The maximum absolute atomic E-state index is 13.5. The second kappa shape index (κ2) is 5.88. The van der Waals surface area contributed by atoms with Crippen LogP contribution in [0.2, 0.25) is 0 Å². The van der Waals surface area contributed by atoms with Crippen LogP contribution in [0.25, 0.3) is 0 Å². The van der Waals surface area contributed by atoms with E-state index in [0.717, 1.165) is 0 Å². The van der Waals surface area contributed by atoms with E-state index in [1.165, 1.54) is 12.1 Å². The lowest BCUT2D eigenvalue weighted by Crippen LogP contribution is -2.39. The Morgan fingerprint density at radius 3 is 3.00 bits per heavy atom. The molecule has 104 valence electrons. The molecule has 1 aromatic rings. The van der Waals surface area contributed by atoms with Gasteiger partial charge in [0.25, 0.3) is 0 Å². The number of nitrogens with one attached hydrogen (secondary N) is 2. The Kier molecular flexibility index (Phi) is 4.21. The molecule has 0 aromatic heterocycles. The second-order valence-electron chi connectivity index (χ2n) is 4.65. The molecule has 0 spiro atoms. The first-order valence-corrected chi connectivity index (χ1v) is 6.12. The number of benzene rings is 1. The van der Waals surface area contributed by atoms with E-state index in [1.807, 2.05) is 13.8 Å². The average molecular weight is 268 g/mol. The van der Waals surface area contributed by atoms with Crippen molar-refractivity contribution in [3.63, 3.8) is 0 Å². The van der Waals surface area contributed by atoms with Gasteiger partial charge in [0.1, 0.15) is 11.6 Å². The van der Waals surface area contributed by atoms with Crippen LogP contribution in [0.3, 0.4) is 0 Å². The van der Waals surface area contributed by atoms with Crippen LogP contribution in [0.15, 0.2) is 12.1 Å². The molecular weight excluding hydrogens is 251 g/mol. The van der Waals surface area contributed by atoms with Crippen molar-refractivity contribution in [1.29, 1.82) is 0 Å². The molecule has 0 saturated heterocycles. The molecule has 0 saturated carbocycles. The number of urea groups is 1. The van der Waals surface area contributed by atoms with Gasteiger partial charge in [-0.3, -0.25) is 0 Å². The summed E-state index contributed by atoms with van der Waals surface area (Å²) in [4.78, 5) is 11.5. The van der Waals surface area contributed by atoms with Crippen LogP contribution >= 0.6 is 0 Å². The Morgan fingerprint density at radius 1 is 1.47 bits per heavy atom. The minimum Gasteiger partial charge on any atom is -0.467 e. The molecule has 0 atom stereocenters. The highest BCUT2D eigenvalue weighted by Gasteiger charge is 2.17. The van der Waals surface area contributed by atoms with Gasteiger partial charge in [0.2, 0.25) is 0 Å². The Hall–Kier alpha value is -1.82. The van der Waals surface area contributed by atoms with Crippen molar-refractivity contribution in [3.05, 3.63) is 29.1 Å². The van der Waals surface area contributed by atoms with Crippen molar-refractivity contribution in [3.8, 4) is 5.75 Å². The van der Waals surface area contributed by atoms with E-state index in [1.54, 1.807) is 0 Å². The zero-order valence-electron chi connectivity index (χ0n) is 11.0. The molecule has 0 radical (unpaired) electrons. The molecule has 6 heteroatoms. The van der Waals surface area contributed by atoms with E-state index >= 15 is 0 Å². The molecule has 0 unspecified atom stereocenters. The topological polar surface area (TPSA) is 59.6 Å². The van der Waals surface area contributed by atoms with Crippen LogP contribution in [-0.4, -0.2) is 18.9 Å².